The second kappa shape index (κ2) is 16.6. The van der Waals surface area contributed by atoms with Gasteiger partial charge in [0, 0.05) is 42.7 Å². The minimum Gasteiger partial charge on any atom is -0.465 e. The molecule has 0 spiro atoms. The highest BCUT2D eigenvalue weighted by Crippen LogP contribution is 2.23. The quantitative estimate of drug-likeness (QED) is 0.152. The highest BCUT2D eigenvalue weighted by Gasteiger charge is 2.15. The smallest absolute Gasteiger partial charge is 0.417 e. The first-order valence-corrected chi connectivity index (χ1v) is 13.7. The molecule has 4 aromatic carbocycles. The van der Waals surface area contributed by atoms with E-state index in [0.717, 1.165) is 21.9 Å². The van der Waals surface area contributed by atoms with Gasteiger partial charge in [0.25, 0.3) is 0 Å². The minimum absolute atomic E-state index is 0.0239. The summed E-state index contributed by atoms with van der Waals surface area (Å²) in [6.45, 7) is 3.91. The van der Waals surface area contributed by atoms with Crippen molar-refractivity contribution in [1.82, 2.24) is 0 Å². The Labute approximate surface area is 262 Å². The zero-order valence-corrected chi connectivity index (χ0v) is 24.6. The maximum Gasteiger partial charge on any atom is 0.417 e. The van der Waals surface area contributed by atoms with Crippen LogP contribution in [0.15, 0.2) is 97.1 Å². The molecule has 0 aromatic heterocycles. The summed E-state index contributed by atoms with van der Waals surface area (Å²) in [5.41, 5.74) is 1.42. The monoisotopic (exact) mass is 636 g/mol. The van der Waals surface area contributed by atoms with E-state index in [1.165, 1.54) is 30.3 Å². The van der Waals surface area contributed by atoms with Gasteiger partial charge in [0.05, 0.1) is 11.4 Å². The van der Waals surface area contributed by atoms with Crippen LogP contribution >= 0.6 is 0 Å². The summed E-state index contributed by atoms with van der Waals surface area (Å²) in [5, 5.41) is 23.0. The fraction of sp³-hybridized carbons (Fsp3) is 0.125. The summed E-state index contributed by atoms with van der Waals surface area (Å²) >= 11 is 0. The zero-order chi connectivity index (χ0) is 33.6. The molecule has 0 saturated carbocycles. The van der Waals surface area contributed by atoms with Gasteiger partial charge < -0.3 is 19.7 Å². The molecular weight excluding hydrogens is 606 g/mol. The average molecular weight is 637 g/mol. The average Bonchev–Trinajstić information content (AvgIpc) is 3.00. The second-order valence-electron chi connectivity index (χ2n) is 9.07. The lowest BCUT2D eigenvalue weighted by atomic mass is 10.3. The van der Waals surface area contributed by atoms with E-state index in [4.69, 9.17) is 19.7 Å². The Morgan fingerprint density at radius 2 is 1.09 bits per heavy atom. The van der Waals surface area contributed by atoms with Crippen molar-refractivity contribution in [1.29, 1.82) is 0 Å². The van der Waals surface area contributed by atoms with Crippen LogP contribution in [0, 0.1) is 11.6 Å². The normalized spacial score (nSPS) is 10.0. The van der Waals surface area contributed by atoms with Crippen LogP contribution in [0.25, 0.3) is 0 Å². The summed E-state index contributed by atoms with van der Waals surface area (Å²) in [7, 11) is 0. The van der Waals surface area contributed by atoms with Gasteiger partial charge in [0.2, 0.25) is 0 Å². The van der Waals surface area contributed by atoms with Crippen LogP contribution < -0.4 is 29.9 Å². The number of nitrogens with zero attached hydrogens (tertiary/aromatic N) is 2. The molecule has 4 amide bonds. The summed E-state index contributed by atoms with van der Waals surface area (Å²) in [6.07, 6.45) is -3.76. The maximum atomic E-state index is 13.1. The molecule has 0 aliphatic carbocycles. The predicted molar refractivity (Wildman–Crippen MR) is 167 cm³/mol. The van der Waals surface area contributed by atoms with Gasteiger partial charge in [-0.25, -0.2) is 28.0 Å². The van der Waals surface area contributed by atoms with Crippen molar-refractivity contribution in [2.24, 2.45) is 0 Å². The number of ether oxygens (including phenoxy) is 2. The number of hydrogen-bond donors (Lipinski definition) is 4. The number of para-hydroxylation sites is 1. The number of benzene rings is 4. The molecule has 0 heterocycles. The van der Waals surface area contributed by atoms with Gasteiger partial charge in [-0.1, -0.05) is 30.3 Å². The number of nitrogens with one attached hydrogen (secondary N) is 2. The van der Waals surface area contributed by atoms with Crippen molar-refractivity contribution >= 4 is 47.1 Å². The Bertz CT molecular complexity index is 1670. The first kappa shape index (κ1) is 34.3. The maximum absolute atomic E-state index is 13.1. The number of carbonyl (C=O) groups excluding carboxylic acids is 2. The number of rotatable bonds is 8. The number of carboxylic acid groups (broad SMARTS) is 2. The van der Waals surface area contributed by atoms with Crippen molar-refractivity contribution in [3.8, 4) is 11.5 Å². The third-order valence-electron chi connectivity index (χ3n) is 5.96. The van der Waals surface area contributed by atoms with Gasteiger partial charge >= 0.3 is 24.4 Å². The molecule has 4 aromatic rings. The lowest BCUT2D eigenvalue weighted by Gasteiger charge is -2.17. The molecule has 240 valence electrons. The van der Waals surface area contributed by atoms with E-state index in [-0.39, 0.29) is 23.7 Å². The van der Waals surface area contributed by atoms with E-state index >= 15 is 0 Å². The number of carbonyl (C=O) groups is 4. The van der Waals surface area contributed by atoms with Gasteiger partial charge in [-0.3, -0.25) is 20.4 Å². The highest BCUT2D eigenvalue weighted by atomic mass is 19.2. The van der Waals surface area contributed by atoms with Crippen molar-refractivity contribution in [3.05, 3.63) is 109 Å². The van der Waals surface area contributed by atoms with Gasteiger partial charge in [0.1, 0.15) is 11.5 Å². The third kappa shape index (κ3) is 10.2. The van der Waals surface area contributed by atoms with E-state index in [0.29, 0.717) is 23.6 Å². The fourth-order valence-electron chi connectivity index (χ4n) is 3.88. The molecule has 0 aliphatic heterocycles. The van der Waals surface area contributed by atoms with E-state index < -0.39 is 36.0 Å². The SMILES string of the molecule is CCN(C(=O)O)c1cccc(OC(=O)Nc2ccc(F)c(F)c2)c1.CCN(C(=O)O)c1cccc(OC(=O)Nc2ccccc2)c1. The molecular formula is C32H30F2N4O8. The number of amides is 4. The molecule has 46 heavy (non-hydrogen) atoms. The topological polar surface area (TPSA) is 158 Å². The van der Waals surface area contributed by atoms with Crippen molar-refractivity contribution < 1.29 is 47.6 Å². The molecule has 0 atom stereocenters. The summed E-state index contributed by atoms with van der Waals surface area (Å²) in [6, 6.07) is 24.0. The van der Waals surface area contributed by atoms with E-state index in [9.17, 15) is 28.0 Å². The van der Waals surface area contributed by atoms with Gasteiger partial charge in [-0.2, -0.15) is 0 Å². The molecule has 4 rings (SSSR count). The number of halogens is 2. The zero-order valence-electron chi connectivity index (χ0n) is 24.6. The lowest BCUT2D eigenvalue weighted by Crippen LogP contribution is -2.28. The molecule has 0 unspecified atom stereocenters. The summed E-state index contributed by atoms with van der Waals surface area (Å²) < 4.78 is 36.1. The van der Waals surface area contributed by atoms with Crippen molar-refractivity contribution in [2.45, 2.75) is 13.8 Å². The third-order valence-corrected chi connectivity index (χ3v) is 5.96. The van der Waals surface area contributed by atoms with Crippen LogP contribution in [0.5, 0.6) is 11.5 Å². The van der Waals surface area contributed by atoms with Crippen molar-refractivity contribution in [3.63, 3.8) is 0 Å². The Hall–Kier alpha value is -6.18. The fourth-order valence-corrected chi connectivity index (χ4v) is 3.88. The van der Waals surface area contributed by atoms with Crippen molar-refractivity contribution in [2.75, 3.05) is 33.5 Å². The summed E-state index contributed by atoms with van der Waals surface area (Å²) in [5.74, 6) is -1.76. The number of hydrogen-bond acceptors (Lipinski definition) is 6. The van der Waals surface area contributed by atoms with Gasteiger partial charge in [0.15, 0.2) is 11.6 Å². The van der Waals surface area contributed by atoms with Crippen LogP contribution in [0.3, 0.4) is 0 Å². The Balaban J connectivity index is 0.000000251. The molecule has 0 fully saturated rings. The Morgan fingerprint density at radius 1 is 0.609 bits per heavy atom. The number of anilines is 4. The Kier molecular flexibility index (Phi) is 12.4. The first-order valence-electron chi connectivity index (χ1n) is 13.7. The highest BCUT2D eigenvalue weighted by molar-refractivity contribution is 5.89. The predicted octanol–water partition coefficient (Wildman–Crippen LogP) is 7.88. The van der Waals surface area contributed by atoms with E-state index in [2.05, 4.69) is 10.6 Å². The van der Waals surface area contributed by atoms with Crippen LogP contribution in [-0.4, -0.2) is 47.7 Å². The Morgan fingerprint density at radius 3 is 1.52 bits per heavy atom. The molecule has 0 radical (unpaired) electrons. The first-order chi connectivity index (χ1) is 22.0. The molecule has 4 N–H and O–H groups in total. The summed E-state index contributed by atoms with van der Waals surface area (Å²) in [4.78, 5) is 48.0. The molecule has 0 saturated heterocycles. The van der Waals surface area contributed by atoms with Crippen LogP contribution in [-0.2, 0) is 0 Å². The van der Waals surface area contributed by atoms with E-state index in [1.54, 1.807) is 62.4 Å². The standard InChI is InChI=1S/C16H14F2N2O4.C16H16N2O4/c1-2-20(16(22)23)11-4-3-5-12(9-11)24-15(21)19-10-6-7-13(17)14(18)8-10;1-2-18(16(20)21)13-9-6-10-14(11-13)22-15(19)17-12-7-4-3-5-8-12/h3-9H,2H2,1H3,(H,19,21)(H,22,23);3-11H,2H2,1H3,(H,17,19)(H,20,21). The molecule has 12 nitrogen and oxygen atoms in total. The van der Waals surface area contributed by atoms with Gasteiger partial charge in [-0.05, 0) is 62.4 Å². The molecule has 0 bridgehead atoms. The molecule has 14 heteroatoms. The van der Waals surface area contributed by atoms with Crippen LogP contribution in [0.4, 0.5) is 50.7 Å². The largest absolute Gasteiger partial charge is 0.465 e. The second-order valence-corrected chi connectivity index (χ2v) is 9.07. The van der Waals surface area contributed by atoms with Crippen LogP contribution in [0.2, 0.25) is 0 Å². The van der Waals surface area contributed by atoms with Crippen LogP contribution in [0.1, 0.15) is 13.8 Å². The lowest BCUT2D eigenvalue weighted by molar-refractivity contribution is 0.201. The van der Waals surface area contributed by atoms with E-state index in [1.807, 2.05) is 6.07 Å². The minimum atomic E-state index is -1.14. The molecule has 0 aliphatic rings. The van der Waals surface area contributed by atoms with Gasteiger partial charge in [-0.15, -0.1) is 0 Å².